The normalized spacial score (nSPS) is 19.2. The van der Waals surface area contributed by atoms with E-state index in [1.165, 1.54) is 77.9 Å². The Balaban J connectivity index is 1.43. The summed E-state index contributed by atoms with van der Waals surface area (Å²) in [4.78, 5) is 10.7. The molecule has 1 atom stereocenters. The highest BCUT2D eigenvalue weighted by Crippen LogP contribution is 2.46. The fourth-order valence-electron chi connectivity index (χ4n) is 7.01. The standard InChI is InChI=1S/C35H37N2O3/c1-35(25-27-14-3-2-4-15-27)32(22-19-29-20-23-33(40-29)37(38)39)36(24-10-9-13-26-11-5-6-12-26)31-21-18-28-16-7-8-17-30(28)34(31)35/h2-4,7-8,14-23,26H,5-6,9-13,24-25H2,1H3/q+1. The van der Waals surface area contributed by atoms with Gasteiger partial charge in [-0.2, -0.15) is 4.58 Å². The van der Waals surface area contributed by atoms with Gasteiger partial charge in [-0.15, -0.1) is 0 Å². The van der Waals surface area contributed by atoms with Crippen LogP contribution in [0.2, 0.25) is 0 Å². The third kappa shape index (κ3) is 5.13. The van der Waals surface area contributed by atoms with Crippen molar-refractivity contribution in [2.75, 3.05) is 6.54 Å². The summed E-state index contributed by atoms with van der Waals surface area (Å²) < 4.78 is 8.02. The molecule has 0 radical (unpaired) electrons. The van der Waals surface area contributed by atoms with E-state index in [9.17, 15) is 10.1 Å². The van der Waals surface area contributed by atoms with E-state index in [0.717, 1.165) is 25.3 Å². The molecule has 4 aromatic rings. The Bertz CT molecular complexity index is 1580. The van der Waals surface area contributed by atoms with Gasteiger partial charge in [0.05, 0.1) is 11.5 Å². The number of allylic oxidation sites excluding steroid dienone is 1. The number of hydrogen-bond donors (Lipinski definition) is 0. The minimum atomic E-state index is -0.488. The first-order chi connectivity index (χ1) is 19.5. The first-order valence-corrected chi connectivity index (χ1v) is 14.7. The van der Waals surface area contributed by atoms with E-state index < -0.39 is 4.92 Å². The molecule has 2 heterocycles. The van der Waals surface area contributed by atoms with Gasteiger partial charge in [-0.3, -0.25) is 10.1 Å². The van der Waals surface area contributed by atoms with E-state index in [1.54, 1.807) is 6.07 Å². The summed E-state index contributed by atoms with van der Waals surface area (Å²) in [6.07, 6.45) is 14.1. The molecule has 1 fully saturated rings. The van der Waals surface area contributed by atoms with Crippen LogP contribution in [0.4, 0.5) is 11.6 Å². The molecule has 0 spiro atoms. The molecular formula is C35H37N2O3+. The number of nitro groups is 1. The van der Waals surface area contributed by atoms with Crippen LogP contribution in [0.25, 0.3) is 16.8 Å². The first-order valence-electron chi connectivity index (χ1n) is 14.7. The Morgan fingerprint density at radius 3 is 2.50 bits per heavy atom. The van der Waals surface area contributed by atoms with E-state index in [1.807, 2.05) is 6.08 Å². The van der Waals surface area contributed by atoms with Gasteiger partial charge in [-0.05, 0) is 60.2 Å². The maximum absolute atomic E-state index is 11.2. The van der Waals surface area contributed by atoms with Gasteiger partial charge >= 0.3 is 5.88 Å². The monoisotopic (exact) mass is 533 g/mol. The topological polar surface area (TPSA) is 59.3 Å². The second-order valence-corrected chi connectivity index (χ2v) is 11.6. The van der Waals surface area contributed by atoms with Gasteiger partial charge in [0.2, 0.25) is 5.69 Å². The van der Waals surface area contributed by atoms with E-state index in [-0.39, 0.29) is 11.3 Å². The molecule has 1 saturated carbocycles. The highest BCUT2D eigenvalue weighted by Gasteiger charge is 2.48. The highest BCUT2D eigenvalue weighted by atomic mass is 16.6. The van der Waals surface area contributed by atoms with E-state index >= 15 is 0 Å². The summed E-state index contributed by atoms with van der Waals surface area (Å²) in [5, 5.41) is 13.8. The Hall–Kier alpha value is -3.99. The van der Waals surface area contributed by atoms with Gasteiger partial charge < -0.3 is 4.42 Å². The van der Waals surface area contributed by atoms with Gasteiger partial charge in [-0.25, -0.2) is 0 Å². The van der Waals surface area contributed by atoms with Crippen molar-refractivity contribution in [2.45, 2.75) is 63.7 Å². The Kier molecular flexibility index (Phi) is 7.38. The molecule has 2 aliphatic rings. The number of hydrogen-bond acceptors (Lipinski definition) is 3. The van der Waals surface area contributed by atoms with Crippen LogP contribution in [0.3, 0.4) is 0 Å². The summed E-state index contributed by atoms with van der Waals surface area (Å²) in [5.74, 6) is 1.15. The van der Waals surface area contributed by atoms with Crippen molar-refractivity contribution in [2.24, 2.45) is 5.92 Å². The molecular weight excluding hydrogens is 496 g/mol. The van der Waals surface area contributed by atoms with Crippen molar-refractivity contribution in [3.63, 3.8) is 0 Å². The lowest BCUT2D eigenvalue weighted by molar-refractivity contribution is -0.438. The molecule has 0 amide bonds. The maximum Gasteiger partial charge on any atom is 0.433 e. The predicted molar refractivity (Wildman–Crippen MR) is 161 cm³/mol. The number of furan rings is 1. The van der Waals surface area contributed by atoms with Gasteiger partial charge in [-0.1, -0.05) is 86.7 Å². The van der Waals surface area contributed by atoms with Crippen LogP contribution in [-0.2, 0) is 11.8 Å². The second-order valence-electron chi connectivity index (χ2n) is 11.6. The molecule has 1 aliphatic heterocycles. The molecule has 0 bridgehead atoms. The second kappa shape index (κ2) is 11.2. The lowest BCUT2D eigenvalue weighted by atomic mass is 9.73. The smallest absolute Gasteiger partial charge is 0.401 e. The van der Waals surface area contributed by atoms with Crippen LogP contribution < -0.4 is 0 Å². The molecule has 40 heavy (non-hydrogen) atoms. The van der Waals surface area contributed by atoms with Crippen molar-refractivity contribution in [1.82, 2.24) is 0 Å². The summed E-state index contributed by atoms with van der Waals surface area (Å²) in [6, 6.07) is 27.0. The zero-order chi connectivity index (χ0) is 27.5. The summed E-state index contributed by atoms with van der Waals surface area (Å²) in [5.41, 5.74) is 4.82. The molecule has 6 rings (SSSR count). The Morgan fingerprint density at radius 1 is 0.950 bits per heavy atom. The van der Waals surface area contributed by atoms with Gasteiger partial charge in [0, 0.05) is 24.1 Å². The lowest BCUT2D eigenvalue weighted by Gasteiger charge is -2.24. The molecule has 0 saturated heterocycles. The molecule has 3 aromatic carbocycles. The zero-order valence-corrected chi connectivity index (χ0v) is 23.2. The third-order valence-electron chi connectivity index (χ3n) is 8.92. The third-order valence-corrected chi connectivity index (χ3v) is 8.92. The van der Waals surface area contributed by atoms with Gasteiger partial charge in [0.25, 0.3) is 0 Å². The summed E-state index contributed by atoms with van der Waals surface area (Å²) >= 11 is 0. The Labute approximate surface area is 236 Å². The summed E-state index contributed by atoms with van der Waals surface area (Å²) in [6.45, 7) is 3.30. The number of nitrogens with zero attached hydrogens (tertiary/aromatic N) is 2. The highest BCUT2D eigenvalue weighted by molar-refractivity contribution is 6.09. The first kappa shape index (κ1) is 26.2. The van der Waals surface area contributed by atoms with E-state index in [4.69, 9.17) is 4.42 Å². The van der Waals surface area contributed by atoms with Crippen LogP contribution >= 0.6 is 0 Å². The van der Waals surface area contributed by atoms with Crippen LogP contribution in [0.15, 0.2) is 89.4 Å². The Morgan fingerprint density at radius 2 is 1.73 bits per heavy atom. The summed E-state index contributed by atoms with van der Waals surface area (Å²) in [7, 11) is 0. The van der Waals surface area contributed by atoms with Crippen molar-refractivity contribution in [1.29, 1.82) is 0 Å². The minimum absolute atomic E-state index is 0.235. The van der Waals surface area contributed by atoms with Crippen molar-refractivity contribution >= 4 is 34.1 Å². The zero-order valence-electron chi connectivity index (χ0n) is 23.2. The van der Waals surface area contributed by atoms with Gasteiger partial charge in [0.15, 0.2) is 5.71 Å². The van der Waals surface area contributed by atoms with Crippen molar-refractivity contribution in [3.8, 4) is 0 Å². The molecule has 1 aliphatic carbocycles. The largest absolute Gasteiger partial charge is 0.433 e. The van der Waals surface area contributed by atoms with Crippen molar-refractivity contribution in [3.05, 3.63) is 112 Å². The van der Waals surface area contributed by atoms with Crippen LogP contribution in [0.1, 0.15) is 68.8 Å². The quantitative estimate of drug-likeness (QED) is 0.0884. The van der Waals surface area contributed by atoms with E-state index in [2.05, 4.69) is 84.3 Å². The van der Waals surface area contributed by atoms with Crippen LogP contribution in [-0.4, -0.2) is 21.8 Å². The van der Waals surface area contributed by atoms with Gasteiger partial charge in [0.1, 0.15) is 17.2 Å². The SMILES string of the molecule is CC1(Cc2ccccc2)C(C=Cc2ccc([N+](=O)[O-])o2)=[N+](CCCCC2CCCC2)c2ccc3ccccc3c21. The fourth-order valence-corrected chi connectivity index (χ4v) is 7.01. The number of unbranched alkanes of at least 4 members (excludes halogenated alkanes) is 1. The predicted octanol–water partition coefficient (Wildman–Crippen LogP) is 9.01. The van der Waals surface area contributed by atoms with Crippen LogP contribution in [0, 0.1) is 16.0 Å². The molecule has 1 aromatic heterocycles. The lowest BCUT2D eigenvalue weighted by Crippen LogP contribution is -2.34. The average Bonchev–Trinajstić information content (AvgIpc) is 3.70. The van der Waals surface area contributed by atoms with E-state index in [0.29, 0.717) is 5.76 Å². The fraction of sp³-hybridized carbons (Fsp3) is 0.343. The molecule has 1 unspecified atom stereocenters. The molecule has 204 valence electrons. The maximum atomic E-state index is 11.2. The molecule has 5 heteroatoms. The molecule has 5 nitrogen and oxygen atoms in total. The number of benzene rings is 3. The molecule has 0 N–H and O–H groups in total. The minimum Gasteiger partial charge on any atom is -0.401 e. The van der Waals surface area contributed by atoms with Crippen molar-refractivity contribution < 1.29 is 13.9 Å². The average molecular weight is 534 g/mol. The number of fused-ring (bicyclic) bond motifs is 3. The van der Waals surface area contributed by atoms with Crippen LogP contribution in [0.5, 0.6) is 0 Å². The number of rotatable bonds is 10.